The molecule has 0 fully saturated rings. The minimum atomic E-state index is -4.25. The third-order valence-corrected chi connectivity index (χ3v) is 3.90. The van der Waals surface area contributed by atoms with E-state index in [9.17, 15) is 13.0 Å². The number of unbranched alkanes of at least 4 members (excludes halogenated alkanes) is 4. The van der Waals surface area contributed by atoms with E-state index >= 15 is 0 Å². The lowest BCUT2D eigenvalue weighted by molar-refractivity contribution is -0.655. The van der Waals surface area contributed by atoms with Crippen LogP contribution in [0.2, 0.25) is 0 Å². The molecule has 1 aromatic rings. The molecule has 0 unspecified atom stereocenters. The Morgan fingerprint density at radius 3 is 1.71 bits per heavy atom. The second-order valence-corrected chi connectivity index (χ2v) is 6.43. The number of benzene rings is 1. The molecular formula is C16H29NO3S. The van der Waals surface area contributed by atoms with E-state index in [2.05, 4.69) is 19.2 Å². The van der Waals surface area contributed by atoms with E-state index < -0.39 is 10.1 Å². The monoisotopic (exact) mass is 315 g/mol. The Labute approximate surface area is 129 Å². The molecular weight excluding hydrogens is 286 g/mol. The first-order chi connectivity index (χ1) is 10.0. The number of rotatable bonds is 9. The van der Waals surface area contributed by atoms with Gasteiger partial charge in [-0.15, -0.1) is 0 Å². The molecule has 0 aromatic heterocycles. The molecule has 1 aromatic carbocycles. The van der Waals surface area contributed by atoms with E-state index in [-0.39, 0.29) is 4.90 Å². The number of quaternary nitrogens is 1. The van der Waals surface area contributed by atoms with Crippen LogP contribution in [0.15, 0.2) is 35.2 Å². The Balaban J connectivity index is 0.000000382. The quantitative estimate of drug-likeness (QED) is 0.562. The predicted molar refractivity (Wildman–Crippen MR) is 85.1 cm³/mol. The molecule has 0 spiro atoms. The Morgan fingerprint density at radius 1 is 0.905 bits per heavy atom. The molecule has 0 aliphatic heterocycles. The average molecular weight is 315 g/mol. The molecule has 0 aliphatic carbocycles. The van der Waals surface area contributed by atoms with Crippen molar-refractivity contribution in [2.75, 3.05) is 13.1 Å². The maximum atomic E-state index is 10.3. The lowest BCUT2D eigenvalue weighted by atomic mass is 10.2. The second kappa shape index (κ2) is 12.8. The molecule has 21 heavy (non-hydrogen) atoms. The number of hydrogen-bond donors (Lipinski definition) is 1. The van der Waals surface area contributed by atoms with Crippen molar-refractivity contribution in [2.24, 2.45) is 0 Å². The lowest BCUT2D eigenvalue weighted by Gasteiger charge is -2.04. The lowest BCUT2D eigenvalue weighted by Crippen LogP contribution is -2.84. The Kier molecular flexibility index (Phi) is 12.2. The molecule has 122 valence electrons. The van der Waals surface area contributed by atoms with E-state index in [1.165, 1.54) is 75.9 Å². The summed E-state index contributed by atoms with van der Waals surface area (Å²) in [6.45, 7) is 7.21. The summed E-state index contributed by atoms with van der Waals surface area (Å²) in [5.41, 5.74) is 0. The van der Waals surface area contributed by atoms with Crippen LogP contribution in [0.5, 0.6) is 0 Å². The van der Waals surface area contributed by atoms with Crippen molar-refractivity contribution in [2.45, 2.75) is 57.3 Å². The van der Waals surface area contributed by atoms with Crippen molar-refractivity contribution >= 4 is 10.1 Å². The van der Waals surface area contributed by atoms with Gasteiger partial charge >= 0.3 is 0 Å². The summed E-state index contributed by atoms with van der Waals surface area (Å²) in [5, 5.41) is 2.46. The summed E-state index contributed by atoms with van der Waals surface area (Å²) in [4.78, 5) is -0.185. The van der Waals surface area contributed by atoms with Crippen molar-refractivity contribution in [1.82, 2.24) is 0 Å². The van der Waals surface area contributed by atoms with Gasteiger partial charge in [0, 0.05) is 0 Å². The van der Waals surface area contributed by atoms with Crippen LogP contribution < -0.4 is 5.32 Å². The van der Waals surface area contributed by atoms with Gasteiger partial charge in [-0.1, -0.05) is 44.9 Å². The molecule has 1 rings (SSSR count). The normalized spacial score (nSPS) is 10.8. The van der Waals surface area contributed by atoms with Crippen molar-refractivity contribution in [3.05, 3.63) is 30.3 Å². The zero-order valence-electron chi connectivity index (χ0n) is 13.3. The summed E-state index contributed by atoms with van der Waals surface area (Å²) < 4.78 is 30.8. The van der Waals surface area contributed by atoms with Gasteiger partial charge in [-0.25, -0.2) is 8.42 Å². The van der Waals surface area contributed by atoms with Crippen LogP contribution >= 0.6 is 0 Å². The molecule has 0 atom stereocenters. The fourth-order valence-electron chi connectivity index (χ4n) is 1.81. The van der Waals surface area contributed by atoms with Gasteiger partial charge in [0.1, 0.15) is 10.1 Å². The SMILES string of the molecule is CCCCC[NH2+]CCCCC.O=S(=O)([O-])c1ccccc1. The van der Waals surface area contributed by atoms with Crippen LogP contribution in [0.1, 0.15) is 52.4 Å². The molecule has 0 amide bonds. The van der Waals surface area contributed by atoms with E-state index in [1.807, 2.05) is 0 Å². The highest BCUT2D eigenvalue weighted by Gasteiger charge is 1.95. The Hall–Kier alpha value is -0.910. The van der Waals surface area contributed by atoms with Crippen molar-refractivity contribution in [1.29, 1.82) is 0 Å². The van der Waals surface area contributed by atoms with E-state index in [0.717, 1.165) is 0 Å². The molecule has 0 saturated carbocycles. The molecule has 4 nitrogen and oxygen atoms in total. The largest absolute Gasteiger partial charge is 0.744 e. The van der Waals surface area contributed by atoms with Crippen LogP contribution in [-0.2, 0) is 10.1 Å². The summed E-state index contributed by atoms with van der Waals surface area (Å²) >= 11 is 0. The van der Waals surface area contributed by atoms with E-state index in [4.69, 9.17) is 0 Å². The summed E-state index contributed by atoms with van der Waals surface area (Å²) in [7, 11) is -4.25. The molecule has 0 radical (unpaired) electrons. The van der Waals surface area contributed by atoms with Gasteiger partial charge in [0.05, 0.1) is 18.0 Å². The molecule has 0 saturated heterocycles. The first kappa shape index (κ1) is 20.1. The second-order valence-electron chi connectivity index (χ2n) is 5.05. The minimum Gasteiger partial charge on any atom is -0.744 e. The van der Waals surface area contributed by atoms with Crippen molar-refractivity contribution < 1.29 is 18.3 Å². The average Bonchev–Trinajstić information content (AvgIpc) is 2.47. The fourth-order valence-corrected chi connectivity index (χ4v) is 2.30. The fraction of sp³-hybridized carbons (Fsp3) is 0.625. The van der Waals surface area contributed by atoms with Crippen LogP contribution in [0.3, 0.4) is 0 Å². The van der Waals surface area contributed by atoms with Crippen LogP contribution in [0, 0.1) is 0 Å². The van der Waals surface area contributed by atoms with Crippen LogP contribution in [0.4, 0.5) is 0 Å². The van der Waals surface area contributed by atoms with Gasteiger partial charge in [0.2, 0.25) is 0 Å². The predicted octanol–water partition coefficient (Wildman–Crippen LogP) is 2.52. The Bertz CT molecular complexity index is 424. The van der Waals surface area contributed by atoms with Crippen molar-refractivity contribution in [3.8, 4) is 0 Å². The maximum Gasteiger partial charge on any atom is 0.124 e. The van der Waals surface area contributed by atoms with Gasteiger partial charge in [0.15, 0.2) is 0 Å². The first-order valence-corrected chi connectivity index (χ1v) is 9.25. The summed E-state index contributed by atoms with van der Waals surface area (Å²) in [6.07, 6.45) is 8.32. The highest BCUT2D eigenvalue weighted by molar-refractivity contribution is 7.85. The first-order valence-electron chi connectivity index (χ1n) is 7.85. The number of nitrogens with two attached hydrogens (primary N) is 1. The molecule has 5 heteroatoms. The highest BCUT2D eigenvalue weighted by atomic mass is 32.2. The highest BCUT2D eigenvalue weighted by Crippen LogP contribution is 2.04. The summed E-state index contributed by atoms with van der Waals surface area (Å²) in [5.74, 6) is 0. The zero-order valence-corrected chi connectivity index (χ0v) is 14.1. The molecule has 0 heterocycles. The maximum absolute atomic E-state index is 10.3. The molecule has 2 N–H and O–H groups in total. The van der Waals surface area contributed by atoms with Gasteiger partial charge in [-0.3, -0.25) is 0 Å². The third kappa shape index (κ3) is 12.5. The smallest absolute Gasteiger partial charge is 0.124 e. The standard InChI is InChI=1S/C10H23N.C6H6O3S/c1-3-5-7-9-11-10-8-6-4-2;7-10(8,9)6-4-2-1-3-5-6/h11H,3-10H2,1-2H3;1-5H,(H,7,8,9). The number of hydrogen-bond acceptors (Lipinski definition) is 3. The zero-order chi connectivity index (χ0) is 16.0. The Morgan fingerprint density at radius 2 is 1.38 bits per heavy atom. The molecule has 0 bridgehead atoms. The summed E-state index contributed by atoms with van der Waals surface area (Å²) in [6, 6.07) is 7.19. The van der Waals surface area contributed by atoms with Gasteiger partial charge in [0.25, 0.3) is 0 Å². The van der Waals surface area contributed by atoms with Gasteiger partial charge < -0.3 is 9.87 Å². The van der Waals surface area contributed by atoms with Gasteiger partial charge in [-0.05, 0) is 37.8 Å². The minimum absolute atomic E-state index is 0.185. The van der Waals surface area contributed by atoms with Gasteiger partial charge in [-0.2, -0.15) is 0 Å². The topological polar surface area (TPSA) is 73.8 Å². The third-order valence-electron chi connectivity index (χ3n) is 3.06. The van der Waals surface area contributed by atoms with Crippen LogP contribution in [-0.4, -0.2) is 26.1 Å². The van der Waals surface area contributed by atoms with Crippen LogP contribution in [0.25, 0.3) is 0 Å². The van der Waals surface area contributed by atoms with E-state index in [0.29, 0.717) is 0 Å². The molecule has 0 aliphatic rings. The van der Waals surface area contributed by atoms with Crippen molar-refractivity contribution in [3.63, 3.8) is 0 Å². The van der Waals surface area contributed by atoms with E-state index in [1.54, 1.807) is 6.07 Å².